The zero-order valence-electron chi connectivity index (χ0n) is 10.2. The molecule has 1 N–H and O–H groups in total. The van der Waals surface area contributed by atoms with Gasteiger partial charge in [-0.15, -0.1) is 0 Å². The highest BCUT2D eigenvalue weighted by molar-refractivity contribution is 5.97. The van der Waals surface area contributed by atoms with E-state index in [2.05, 4.69) is 29.5 Å². The van der Waals surface area contributed by atoms with Crippen molar-refractivity contribution in [3.05, 3.63) is 54.3 Å². The van der Waals surface area contributed by atoms with Crippen molar-refractivity contribution >= 4 is 22.7 Å². The summed E-state index contributed by atoms with van der Waals surface area (Å²) in [6.07, 6.45) is 7.41. The van der Waals surface area contributed by atoms with Crippen molar-refractivity contribution in [3.8, 4) is 0 Å². The van der Waals surface area contributed by atoms with Crippen LogP contribution in [0.1, 0.15) is 18.1 Å². The molecule has 0 aliphatic rings. The molecule has 2 nitrogen and oxygen atoms in total. The molecule has 1 aromatic carbocycles. The van der Waals surface area contributed by atoms with E-state index < -0.39 is 0 Å². The van der Waals surface area contributed by atoms with Gasteiger partial charge in [-0.1, -0.05) is 30.9 Å². The Morgan fingerprint density at radius 2 is 2.18 bits per heavy atom. The monoisotopic (exact) mass is 224 g/mol. The van der Waals surface area contributed by atoms with Gasteiger partial charge in [0.1, 0.15) is 0 Å². The maximum absolute atomic E-state index is 7.29. The van der Waals surface area contributed by atoms with Crippen molar-refractivity contribution in [1.82, 2.24) is 4.57 Å². The van der Waals surface area contributed by atoms with Crippen molar-refractivity contribution < 1.29 is 0 Å². The average Bonchev–Trinajstić information content (AvgIpc) is 2.68. The third kappa shape index (κ3) is 1.82. The fourth-order valence-electron chi connectivity index (χ4n) is 2.10. The highest BCUT2D eigenvalue weighted by Gasteiger charge is 2.08. The number of hydrogen-bond donors (Lipinski definition) is 1. The molecule has 17 heavy (non-hydrogen) atoms. The predicted octanol–water partition coefficient (Wildman–Crippen LogP) is 3.77. The van der Waals surface area contributed by atoms with Crippen molar-refractivity contribution in [2.24, 2.45) is 7.05 Å². The van der Waals surface area contributed by atoms with Gasteiger partial charge in [0.15, 0.2) is 0 Å². The van der Waals surface area contributed by atoms with Gasteiger partial charge >= 0.3 is 0 Å². The molecule has 2 rings (SSSR count). The number of aryl methyl sites for hydroxylation is 1. The number of aromatic nitrogens is 1. The van der Waals surface area contributed by atoms with Gasteiger partial charge in [0, 0.05) is 35.9 Å². The molecule has 0 fully saturated rings. The molecule has 0 saturated heterocycles. The minimum atomic E-state index is 0.922. The summed E-state index contributed by atoms with van der Waals surface area (Å²) in [5.41, 5.74) is 4.39. The van der Waals surface area contributed by atoms with E-state index in [0.29, 0.717) is 0 Å². The van der Waals surface area contributed by atoms with Crippen LogP contribution in [0, 0.1) is 5.41 Å². The van der Waals surface area contributed by atoms with Crippen LogP contribution in [0.4, 0.5) is 0 Å². The van der Waals surface area contributed by atoms with Gasteiger partial charge in [0.2, 0.25) is 0 Å². The Morgan fingerprint density at radius 3 is 2.76 bits per heavy atom. The van der Waals surface area contributed by atoms with Crippen LogP contribution in [0.15, 0.2) is 43.1 Å². The molecule has 0 atom stereocenters. The van der Waals surface area contributed by atoms with Crippen LogP contribution in [-0.2, 0) is 7.05 Å². The lowest BCUT2D eigenvalue weighted by molar-refractivity contribution is 0.967. The Bertz CT molecular complexity index is 615. The summed E-state index contributed by atoms with van der Waals surface area (Å²) in [4.78, 5) is 0. The Balaban J connectivity index is 2.76. The standard InChI is InChI=1S/C15H16N2/c1-4-12(5-2)14-10-17(3)15-8-11(9-16)6-7-13(14)15/h4-10,16H,1H2,2-3H3/b12-5+,16-9?. The normalized spacial score (nSPS) is 11.8. The summed E-state index contributed by atoms with van der Waals surface area (Å²) in [5, 5.41) is 8.49. The molecule has 2 heteroatoms. The second kappa shape index (κ2) is 4.42. The molecule has 1 aromatic heterocycles. The Morgan fingerprint density at radius 1 is 1.41 bits per heavy atom. The number of nitrogens with one attached hydrogen (secondary N) is 1. The lowest BCUT2D eigenvalue weighted by Gasteiger charge is -1.99. The SMILES string of the molecule is C=C/C(=C\C)c1cn(C)c2cc(C=N)ccc12. The van der Waals surface area contributed by atoms with Crippen molar-refractivity contribution in [1.29, 1.82) is 5.41 Å². The molecule has 0 saturated carbocycles. The molecule has 86 valence electrons. The van der Waals surface area contributed by atoms with Gasteiger partial charge in [-0.05, 0) is 24.1 Å². The molecule has 0 spiro atoms. The van der Waals surface area contributed by atoms with Crippen LogP contribution < -0.4 is 0 Å². The first-order chi connectivity index (χ1) is 8.21. The number of benzene rings is 1. The minimum Gasteiger partial charge on any atom is -0.350 e. The molecule has 0 aliphatic carbocycles. The van der Waals surface area contributed by atoms with Gasteiger partial charge in [-0.25, -0.2) is 0 Å². The van der Waals surface area contributed by atoms with E-state index in [4.69, 9.17) is 5.41 Å². The second-order valence-corrected chi connectivity index (χ2v) is 4.02. The van der Waals surface area contributed by atoms with Crippen LogP contribution in [0.3, 0.4) is 0 Å². The van der Waals surface area contributed by atoms with Crippen molar-refractivity contribution in [2.75, 3.05) is 0 Å². The molecule has 2 aromatic rings. The fourth-order valence-corrected chi connectivity index (χ4v) is 2.10. The number of nitrogens with zero attached hydrogens (tertiary/aromatic N) is 1. The maximum Gasteiger partial charge on any atom is 0.0490 e. The van der Waals surface area contributed by atoms with E-state index in [1.165, 1.54) is 17.2 Å². The zero-order valence-corrected chi connectivity index (χ0v) is 10.2. The minimum absolute atomic E-state index is 0.922. The Labute approximate surface area is 101 Å². The van der Waals surface area contributed by atoms with Crippen LogP contribution >= 0.6 is 0 Å². The smallest absolute Gasteiger partial charge is 0.0490 e. The highest BCUT2D eigenvalue weighted by atomic mass is 14.9. The lowest BCUT2D eigenvalue weighted by atomic mass is 10.0. The molecule has 0 radical (unpaired) electrons. The fraction of sp³-hybridized carbons (Fsp3) is 0.133. The summed E-state index contributed by atoms with van der Waals surface area (Å²) in [6.45, 7) is 5.86. The van der Waals surface area contributed by atoms with Gasteiger partial charge in [-0.2, -0.15) is 0 Å². The highest BCUT2D eigenvalue weighted by Crippen LogP contribution is 2.27. The average molecular weight is 224 g/mol. The molecule has 0 unspecified atom stereocenters. The first kappa shape index (κ1) is 11.4. The van der Waals surface area contributed by atoms with Gasteiger partial charge in [-0.3, -0.25) is 0 Å². The van der Waals surface area contributed by atoms with E-state index >= 15 is 0 Å². The van der Waals surface area contributed by atoms with Crippen LogP contribution in [-0.4, -0.2) is 10.8 Å². The lowest BCUT2D eigenvalue weighted by Crippen LogP contribution is -1.85. The second-order valence-electron chi connectivity index (χ2n) is 4.02. The van der Waals surface area contributed by atoms with Crippen LogP contribution in [0.25, 0.3) is 16.5 Å². The molecular formula is C15H16N2. The van der Waals surface area contributed by atoms with Gasteiger partial charge in [0.25, 0.3) is 0 Å². The summed E-state index contributed by atoms with van der Waals surface area (Å²) in [7, 11) is 2.02. The largest absolute Gasteiger partial charge is 0.350 e. The first-order valence-corrected chi connectivity index (χ1v) is 5.60. The van der Waals surface area contributed by atoms with E-state index in [1.54, 1.807) is 0 Å². The Kier molecular flexibility index (Phi) is 2.96. The molecule has 0 amide bonds. The Hall–Kier alpha value is -2.09. The number of hydrogen-bond acceptors (Lipinski definition) is 1. The number of rotatable bonds is 3. The van der Waals surface area contributed by atoms with Gasteiger partial charge < -0.3 is 9.98 Å². The van der Waals surface area contributed by atoms with E-state index in [1.807, 2.05) is 32.2 Å². The van der Waals surface area contributed by atoms with Crippen molar-refractivity contribution in [2.45, 2.75) is 6.92 Å². The van der Waals surface area contributed by atoms with E-state index in [9.17, 15) is 0 Å². The number of fused-ring (bicyclic) bond motifs is 1. The molecule has 0 aliphatic heterocycles. The third-order valence-electron chi connectivity index (χ3n) is 3.02. The van der Waals surface area contributed by atoms with Crippen LogP contribution in [0.5, 0.6) is 0 Å². The maximum atomic E-state index is 7.29. The molecule has 1 heterocycles. The predicted molar refractivity (Wildman–Crippen MR) is 74.7 cm³/mol. The first-order valence-electron chi connectivity index (χ1n) is 5.60. The summed E-state index contributed by atoms with van der Waals surface area (Å²) < 4.78 is 2.09. The van der Waals surface area contributed by atoms with Gasteiger partial charge in [0.05, 0.1) is 0 Å². The van der Waals surface area contributed by atoms with E-state index in [-0.39, 0.29) is 0 Å². The summed E-state index contributed by atoms with van der Waals surface area (Å²) in [5.74, 6) is 0. The number of allylic oxidation sites excluding steroid dienone is 3. The van der Waals surface area contributed by atoms with E-state index in [0.717, 1.165) is 16.7 Å². The summed E-state index contributed by atoms with van der Waals surface area (Å²) >= 11 is 0. The quantitative estimate of drug-likeness (QED) is 0.607. The zero-order chi connectivity index (χ0) is 12.4. The molecule has 0 bridgehead atoms. The third-order valence-corrected chi connectivity index (χ3v) is 3.02. The van der Waals surface area contributed by atoms with Crippen LogP contribution in [0.2, 0.25) is 0 Å². The van der Waals surface area contributed by atoms with Crippen molar-refractivity contribution in [3.63, 3.8) is 0 Å². The molecular weight excluding hydrogens is 208 g/mol. The topological polar surface area (TPSA) is 28.8 Å². The summed E-state index contributed by atoms with van der Waals surface area (Å²) in [6, 6.07) is 6.06.